The van der Waals surface area contributed by atoms with E-state index in [4.69, 9.17) is 14.7 Å². The normalized spacial score (nSPS) is 12.0. The molecule has 0 heterocycles. The van der Waals surface area contributed by atoms with Gasteiger partial charge in [-0.2, -0.15) is 5.26 Å². The lowest BCUT2D eigenvalue weighted by Gasteiger charge is -2.22. The van der Waals surface area contributed by atoms with Crippen LogP contribution in [0.3, 0.4) is 0 Å². The molecule has 5 heteroatoms. The van der Waals surface area contributed by atoms with E-state index >= 15 is 0 Å². The molecular formula is C21H24N2O3. The third kappa shape index (κ3) is 4.76. The zero-order chi connectivity index (χ0) is 19.3. The van der Waals surface area contributed by atoms with Gasteiger partial charge < -0.3 is 14.8 Å². The molecular weight excluding hydrogens is 328 g/mol. The molecule has 0 saturated heterocycles. The van der Waals surface area contributed by atoms with E-state index in [2.05, 4.69) is 26.1 Å². The summed E-state index contributed by atoms with van der Waals surface area (Å²) in [7, 11) is 1.57. The van der Waals surface area contributed by atoms with Gasteiger partial charge in [0.2, 0.25) is 0 Å². The molecule has 1 atom stereocenters. The highest BCUT2D eigenvalue weighted by Crippen LogP contribution is 2.31. The molecule has 1 N–H and O–H groups in total. The lowest BCUT2D eigenvalue weighted by Crippen LogP contribution is -2.30. The highest BCUT2D eigenvalue weighted by Gasteiger charge is 2.20. The van der Waals surface area contributed by atoms with Crippen LogP contribution in [0, 0.1) is 11.3 Å². The fraction of sp³-hybridized carbons (Fsp3) is 0.333. The molecule has 0 aliphatic rings. The topological polar surface area (TPSA) is 71.3 Å². The van der Waals surface area contributed by atoms with Crippen LogP contribution >= 0.6 is 0 Å². The first-order valence-corrected chi connectivity index (χ1v) is 8.41. The Morgan fingerprint density at radius 3 is 2.35 bits per heavy atom. The summed E-state index contributed by atoms with van der Waals surface area (Å²) < 4.78 is 11.0. The van der Waals surface area contributed by atoms with Gasteiger partial charge >= 0.3 is 0 Å². The molecule has 0 aliphatic heterocycles. The molecule has 0 radical (unpaired) electrons. The standard InChI is InChI=1S/C21H24N2O3/c1-14(26-17-9-6-15(13-22)7-10-17)20(24)23-18-12-16(21(2,3)4)8-11-19(18)25-5/h6-12,14H,1-5H3,(H,23,24)/t14-/m1/s1. The molecule has 1 amide bonds. The Labute approximate surface area is 154 Å². The Morgan fingerprint density at radius 1 is 1.15 bits per heavy atom. The van der Waals surface area contributed by atoms with Gasteiger partial charge in [0.25, 0.3) is 5.91 Å². The van der Waals surface area contributed by atoms with Crippen molar-refractivity contribution in [2.75, 3.05) is 12.4 Å². The van der Waals surface area contributed by atoms with Crippen LogP contribution in [0.25, 0.3) is 0 Å². The third-order valence-electron chi connectivity index (χ3n) is 3.99. The molecule has 26 heavy (non-hydrogen) atoms. The van der Waals surface area contributed by atoms with E-state index in [1.807, 2.05) is 24.3 Å². The van der Waals surface area contributed by atoms with Gasteiger partial charge in [-0.15, -0.1) is 0 Å². The number of anilines is 1. The second-order valence-corrected chi connectivity index (χ2v) is 7.05. The van der Waals surface area contributed by atoms with Crippen LogP contribution in [0.2, 0.25) is 0 Å². The number of ether oxygens (including phenoxy) is 2. The first kappa shape index (κ1) is 19.3. The number of nitrogens with zero attached hydrogens (tertiary/aromatic N) is 1. The van der Waals surface area contributed by atoms with Crippen LogP contribution < -0.4 is 14.8 Å². The third-order valence-corrected chi connectivity index (χ3v) is 3.99. The van der Waals surface area contributed by atoms with Crippen LogP contribution in [-0.4, -0.2) is 19.1 Å². The Morgan fingerprint density at radius 2 is 1.81 bits per heavy atom. The highest BCUT2D eigenvalue weighted by molar-refractivity contribution is 5.95. The first-order valence-electron chi connectivity index (χ1n) is 8.41. The van der Waals surface area contributed by atoms with Crippen molar-refractivity contribution in [3.63, 3.8) is 0 Å². The van der Waals surface area contributed by atoms with Crippen molar-refractivity contribution in [3.8, 4) is 17.6 Å². The number of carbonyl (C=O) groups is 1. The zero-order valence-corrected chi connectivity index (χ0v) is 15.8. The Kier molecular flexibility index (Phi) is 5.89. The second kappa shape index (κ2) is 7.92. The molecule has 0 aliphatic carbocycles. The van der Waals surface area contributed by atoms with Crippen molar-refractivity contribution in [1.29, 1.82) is 5.26 Å². The lowest BCUT2D eigenvalue weighted by atomic mass is 9.87. The fourth-order valence-corrected chi connectivity index (χ4v) is 2.37. The van der Waals surface area contributed by atoms with Crippen molar-refractivity contribution >= 4 is 11.6 Å². The van der Waals surface area contributed by atoms with E-state index in [9.17, 15) is 4.79 Å². The smallest absolute Gasteiger partial charge is 0.265 e. The predicted molar refractivity (Wildman–Crippen MR) is 102 cm³/mol. The summed E-state index contributed by atoms with van der Waals surface area (Å²) in [6.45, 7) is 8.00. The van der Waals surface area contributed by atoms with Gasteiger partial charge in [0, 0.05) is 0 Å². The first-order chi connectivity index (χ1) is 12.2. The van der Waals surface area contributed by atoms with Gasteiger partial charge in [0.05, 0.1) is 24.4 Å². The number of hydrogen-bond acceptors (Lipinski definition) is 4. The summed E-state index contributed by atoms with van der Waals surface area (Å²) in [5, 5.41) is 11.7. The number of rotatable bonds is 5. The number of nitrogens with one attached hydrogen (secondary N) is 1. The van der Waals surface area contributed by atoms with Crippen molar-refractivity contribution in [2.45, 2.75) is 39.2 Å². The summed E-state index contributed by atoms with van der Waals surface area (Å²) >= 11 is 0. The van der Waals surface area contributed by atoms with Crippen LogP contribution in [0.5, 0.6) is 11.5 Å². The average molecular weight is 352 g/mol. The van der Waals surface area contributed by atoms with Crippen LogP contribution in [0.4, 0.5) is 5.69 Å². The van der Waals surface area contributed by atoms with Crippen molar-refractivity contribution < 1.29 is 14.3 Å². The number of benzene rings is 2. The van der Waals surface area contributed by atoms with Gasteiger partial charge in [-0.05, 0) is 54.3 Å². The summed E-state index contributed by atoms with van der Waals surface area (Å²) in [4.78, 5) is 12.5. The molecule has 0 spiro atoms. The number of amides is 1. The monoisotopic (exact) mass is 352 g/mol. The molecule has 5 nitrogen and oxygen atoms in total. The minimum absolute atomic E-state index is 0.0453. The van der Waals surface area contributed by atoms with E-state index in [0.717, 1.165) is 5.56 Å². The summed E-state index contributed by atoms with van der Waals surface area (Å²) in [5.74, 6) is 0.845. The summed E-state index contributed by atoms with van der Waals surface area (Å²) in [6, 6.07) is 14.4. The van der Waals surface area contributed by atoms with Gasteiger partial charge in [0.15, 0.2) is 6.10 Å². The van der Waals surface area contributed by atoms with E-state index in [-0.39, 0.29) is 11.3 Å². The van der Waals surface area contributed by atoms with Crippen LogP contribution in [0.1, 0.15) is 38.8 Å². The average Bonchev–Trinajstić information content (AvgIpc) is 2.61. The molecule has 2 rings (SSSR count). The van der Waals surface area contributed by atoms with Crippen molar-refractivity contribution in [3.05, 3.63) is 53.6 Å². The number of methoxy groups -OCH3 is 1. The Hall–Kier alpha value is -3.00. The minimum atomic E-state index is -0.703. The van der Waals surface area contributed by atoms with E-state index in [1.54, 1.807) is 38.3 Å². The van der Waals surface area contributed by atoms with Gasteiger partial charge in [-0.1, -0.05) is 26.8 Å². The SMILES string of the molecule is COc1ccc(C(C)(C)C)cc1NC(=O)[C@@H](C)Oc1ccc(C#N)cc1. The van der Waals surface area contributed by atoms with E-state index < -0.39 is 6.10 Å². The van der Waals surface area contributed by atoms with Gasteiger partial charge in [-0.25, -0.2) is 0 Å². The quantitative estimate of drug-likeness (QED) is 0.872. The number of carbonyl (C=O) groups excluding carboxylic acids is 1. The molecule has 0 unspecified atom stereocenters. The van der Waals surface area contributed by atoms with Crippen LogP contribution in [-0.2, 0) is 10.2 Å². The van der Waals surface area contributed by atoms with Crippen molar-refractivity contribution in [2.24, 2.45) is 0 Å². The molecule has 0 aromatic heterocycles. The predicted octanol–water partition coefficient (Wildman–Crippen LogP) is 4.27. The highest BCUT2D eigenvalue weighted by atomic mass is 16.5. The van der Waals surface area contributed by atoms with Gasteiger partial charge in [0.1, 0.15) is 11.5 Å². The summed E-state index contributed by atoms with van der Waals surface area (Å²) in [6.07, 6.45) is -0.703. The van der Waals surface area contributed by atoms with Crippen LogP contribution in [0.15, 0.2) is 42.5 Å². The molecule has 0 fully saturated rings. The molecule has 0 saturated carbocycles. The van der Waals surface area contributed by atoms with Crippen molar-refractivity contribution in [1.82, 2.24) is 0 Å². The minimum Gasteiger partial charge on any atom is -0.495 e. The Bertz CT molecular complexity index is 815. The maximum absolute atomic E-state index is 12.5. The maximum atomic E-state index is 12.5. The van der Waals surface area contributed by atoms with E-state index in [0.29, 0.717) is 22.7 Å². The Balaban J connectivity index is 2.13. The molecule has 0 bridgehead atoms. The second-order valence-electron chi connectivity index (χ2n) is 7.05. The maximum Gasteiger partial charge on any atom is 0.265 e. The summed E-state index contributed by atoms with van der Waals surface area (Å²) in [5.41, 5.74) is 2.20. The van der Waals surface area contributed by atoms with Gasteiger partial charge in [-0.3, -0.25) is 4.79 Å². The fourth-order valence-electron chi connectivity index (χ4n) is 2.37. The zero-order valence-electron chi connectivity index (χ0n) is 15.8. The number of hydrogen-bond donors (Lipinski definition) is 1. The molecule has 2 aromatic rings. The van der Waals surface area contributed by atoms with E-state index in [1.165, 1.54) is 0 Å². The lowest BCUT2D eigenvalue weighted by molar-refractivity contribution is -0.122. The largest absolute Gasteiger partial charge is 0.495 e. The molecule has 136 valence electrons. The number of nitriles is 1. The molecule has 2 aromatic carbocycles.